The molecule has 42 heavy (non-hydrogen) atoms. The number of nitrogens with zero attached hydrogens (tertiary/aromatic N) is 5. The first-order chi connectivity index (χ1) is 19.8. The predicted octanol–water partition coefficient (Wildman–Crippen LogP) is 5.62. The molecule has 1 N–H and O–H groups in total. The van der Waals surface area contributed by atoms with E-state index in [2.05, 4.69) is 15.3 Å². The van der Waals surface area contributed by atoms with E-state index in [-0.39, 0.29) is 18.3 Å². The molecule has 2 saturated heterocycles. The van der Waals surface area contributed by atoms with Gasteiger partial charge < -0.3 is 29.3 Å². The van der Waals surface area contributed by atoms with Crippen molar-refractivity contribution in [2.75, 3.05) is 56.0 Å². The zero-order chi connectivity index (χ0) is 30.4. The minimum Gasteiger partial charge on any atom is -0.494 e. The Bertz CT molecular complexity index is 1530. The topological polar surface area (TPSA) is 109 Å². The number of amides is 2. The number of methoxy groups -OCH3 is 1. The lowest BCUT2D eigenvalue weighted by Crippen LogP contribution is -2.49. The van der Waals surface area contributed by atoms with E-state index in [0.29, 0.717) is 59.8 Å². The van der Waals surface area contributed by atoms with Gasteiger partial charge in [-0.05, 0) is 45.4 Å². The third-order valence-electron chi connectivity index (χ3n) is 7.54. The Hall–Kier alpha value is -4.35. The summed E-state index contributed by atoms with van der Waals surface area (Å²) in [6.07, 6.45) is 1.45. The second-order valence-electron chi connectivity index (χ2n) is 12.0. The van der Waals surface area contributed by atoms with Crippen molar-refractivity contribution < 1.29 is 28.2 Å². The molecule has 2 fully saturated rings. The van der Waals surface area contributed by atoms with E-state index in [1.165, 1.54) is 18.3 Å². The van der Waals surface area contributed by atoms with Crippen molar-refractivity contribution in [3.63, 3.8) is 0 Å². The second kappa shape index (κ2) is 10.8. The molecular formula is C30H37FN6O5. The molecule has 3 aromatic rings. The number of halogens is 1. The molecule has 0 atom stereocenters. The highest BCUT2D eigenvalue weighted by molar-refractivity contribution is 6.00. The Morgan fingerprint density at radius 3 is 2.52 bits per heavy atom. The molecule has 0 unspecified atom stereocenters. The van der Waals surface area contributed by atoms with Crippen LogP contribution >= 0.6 is 0 Å². The summed E-state index contributed by atoms with van der Waals surface area (Å²) >= 11 is 0. The standard InChI is InChI=1S/C30H37FN6O5/c1-18-8-9-20(24(31)25(18)35(5)6)34-26-19-14-22(23(40-7)15-21(19)32-17-33-26)37-16-30(42-28(37)39)10-12-36(13-11-30)27(38)41-29(2,3)4/h8-9,14-15,17H,10-13,16H2,1-7H3,(H,32,33,34). The van der Waals surface area contributed by atoms with Gasteiger partial charge in [-0.25, -0.2) is 23.9 Å². The van der Waals surface area contributed by atoms with Crippen LogP contribution in [0.3, 0.4) is 0 Å². The van der Waals surface area contributed by atoms with E-state index in [4.69, 9.17) is 14.2 Å². The molecule has 2 amide bonds. The summed E-state index contributed by atoms with van der Waals surface area (Å²) in [6.45, 7) is 8.43. The van der Waals surface area contributed by atoms with E-state index in [9.17, 15) is 9.59 Å². The number of ether oxygens (including phenoxy) is 3. The molecule has 12 heteroatoms. The van der Waals surface area contributed by atoms with Gasteiger partial charge in [0.1, 0.15) is 29.1 Å². The number of carbonyl (C=O) groups is 2. The van der Waals surface area contributed by atoms with Gasteiger partial charge in [0, 0.05) is 51.5 Å². The number of likely N-dealkylation sites (tertiary alicyclic amines) is 1. The number of piperidine rings is 1. The van der Waals surface area contributed by atoms with Crippen molar-refractivity contribution >= 4 is 46.0 Å². The Morgan fingerprint density at radius 1 is 1.17 bits per heavy atom. The third kappa shape index (κ3) is 5.57. The Labute approximate surface area is 244 Å². The molecule has 2 aromatic carbocycles. The molecule has 3 heterocycles. The van der Waals surface area contributed by atoms with Crippen molar-refractivity contribution in [3.8, 4) is 5.75 Å². The predicted molar refractivity (Wildman–Crippen MR) is 158 cm³/mol. The molecule has 1 spiro atoms. The maximum atomic E-state index is 15.5. The lowest BCUT2D eigenvalue weighted by atomic mass is 9.91. The number of nitrogens with one attached hydrogen (secondary N) is 1. The zero-order valence-corrected chi connectivity index (χ0v) is 25.1. The summed E-state index contributed by atoms with van der Waals surface area (Å²) < 4.78 is 32.6. The average Bonchev–Trinajstić information content (AvgIpc) is 3.23. The van der Waals surface area contributed by atoms with Crippen molar-refractivity contribution in [1.29, 1.82) is 0 Å². The van der Waals surface area contributed by atoms with Crippen LogP contribution in [0.5, 0.6) is 5.75 Å². The van der Waals surface area contributed by atoms with Crippen LogP contribution in [0.1, 0.15) is 39.2 Å². The molecule has 2 aliphatic rings. The van der Waals surface area contributed by atoms with Crippen LogP contribution < -0.4 is 19.9 Å². The smallest absolute Gasteiger partial charge is 0.415 e. The molecule has 0 bridgehead atoms. The largest absolute Gasteiger partial charge is 0.494 e. The monoisotopic (exact) mass is 580 g/mol. The molecule has 0 saturated carbocycles. The van der Waals surface area contributed by atoms with Crippen molar-refractivity contribution in [2.45, 2.75) is 51.7 Å². The SMILES string of the molecule is COc1cc2ncnc(Nc3ccc(C)c(N(C)C)c3F)c2cc1N1CC2(CCN(C(=O)OC(C)(C)C)CC2)OC1=O. The summed E-state index contributed by atoms with van der Waals surface area (Å²) in [5.41, 5.74) is 1.24. The highest BCUT2D eigenvalue weighted by Gasteiger charge is 2.49. The normalized spacial score (nSPS) is 16.5. The molecule has 0 radical (unpaired) electrons. The summed E-state index contributed by atoms with van der Waals surface area (Å²) in [6, 6.07) is 6.98. The first-order valence-electron chi connectivity index (χ1n) is 13.9. The summed E-state index contributed by atoms with van der Waals surface area (Å²) in [5.74, 6) is 0.413. The molecule has 0 aliphatic carbocycles. The van der Waals surface area contributed by atoms with Gasteiger partial charge in [0.05, 0.1) is 36.2 Å². The van der Waals surface area contributed by atoms with Crippen LogP contribution in [0.15, 0.2) is 30.6 Å². The Morgan fingerprint density at radius 2 is 1.88 bits per heavy atom. The third-order valence-corrected chi connectivity index (χ3v) is 7.54. The Balaban J connectivity index is 1.43. The summed E-state index contributed by atoms with van der Waals surface area (Å²) in [5, 5.41) is 3.69. The summed E-state index contributed by atoms with van der Waals surface area (Å²) in [4.78, 5) is 39.5. The number of hydrogen-bond donors (Lipinski definition) is 1. The number of rotatable bonds is 5. The fourth-order valence-electron chi connectivity index (χ4n) is 5.47. The first kappa shape index (κ1) is 29.2. The average molecular weight is 581 g/mol. The van der Waals surface area contributed by atoms with E-state index in [1.54, 1.807) is 42.1 Å². The van der Waals surface area contributed by atoms with Gasteiger partial charge in [-0.3, -0.25) is 4.90 Å². The number of hydrogen-bond acceptors (Lipinski definition) is 9. The Kier molecular flexibility index (Phi) is 7.50. The zero-order valence-electron chi connectivity index (χ0n) is 25.1. The van der Waals surface area contributed by atoms with Crippen molar-refractivity contribution in [2.24, 2.45) is 0 Å². The van der Waals surface area contributed by atoms with Gasteiger partial charge in [0.25, 0.3) is 0 Å². The van der Waals surface area contributed by atoms with Gasteiger partial charge >= 0.3 is 12.2 Å². The maximum absolute atomic E-state index is 15.5. The quantitative estimate of drug-likeness (QED) is 0.411. The van der Waals surface area contributed by atoms with Gasteiger partial charge in [0.2, 0.25) is 0 Å². The molecule has 2 aliphatic heterocycles. The second-order valence-corrected chi connectivity index (χ2v) is 12.0. The van der Waals surface area contributed by atoms with Crippen molar-refractivity contribution in [1.82, 2.24) is 14.9 Å². The van der Waals surface area contributed by atoms with Crippen LogP contribution in [0.4, 0.5) is 36.9 Å². The minimum atomic E-state index is -0.753. The van der Waals surface area contributed by atoms with E-state index in [0.717, 1.165) is 5.56 Å². The van der Waals surface area contributed by atoms with E-state index >= 15 is 4.39 Å². The highest BCUT2D eigenvalue weighted by atomic mass is 19.1. The highest BCUT2D eigenvalue weighted by Crippen LogP contribution is 2.42. The van der Waals surface area contributed by atoms with Gasteiger partial charge in [-0.1, -0.05) is 6.07 Å². The lowest BCUT2D eigenvalue weighted by Gasteiger charge is -2.37. The molecule has 11 nitrogen and oxygen atoms in total. The van der Waals surface area contributed by atoms with Crippen LogP contribution in [0, 0.1) is 12.7 Å². The van der Waals surface area contributed by atoms with Crippen LogP contribution in [-0.4, -0.2) is 79.1 Å². The van der Waals surface area contributed by atoms with Gasteiger partial charge in [-0.2, -0.15) is 0 Å². The van der Waals surface area contributed by atoms with Gasteiger partial charge in [-0.15, -0.1) is 0 Å². The number of benzene rings is 2. The van der Waals surface area contributed by atoms with Crippen LogP contribution in [0.2, 0.25) is 0 Å². The fourth-order valence-corrected chi connectivity index (χ4v) is 5.47. The fraction of sp³-hybridized carbons (Fsp3) is 0.467. The van der Waals surface area contributed by atoms with Crippen molar-refractivity contribution in [3.05, 3.63) is 42.0 Å². The maximum Gasteiger partial charge on any atom is 0.415 e. The van der Waals surface area contributed by atoms with E-state index in [1.807, 2.05) is 33.8 Å². The number of aromatic nitrogens is 2. The molecular weight excluding hydrogens is 543 g/mol. The van der Waals surface area contributed by atoms with Gasteiger partial charge in [0.15, 0.2) is 5.82 Å². The van der Waals surface area contributed by atoms with Crippen LogP contribution in [-0.2, 0) is 9.47 Å². The number of fused-ring (bicyclic) bond motifs is 1. The minimum absolute atomic E-state index is 0.262. The number of aryl methyl sites for hydroxylation is 1. The van der Waals surface area contributed by atoms with Crippen LogP contribution in [0.25, 0.3) is 10.9 Å². The lowest BCUT2D eigenvalue weighted by molar-refractivity contribution is -0.0167. The number of carbonyl (C=O) groups excluding carboxylic acids is 2. The molecule has 224 valence electrons. The van der Waals surface area contributed by atoms with E-state index < -0.39 is 23.1 Å². The molecule has 5 rings (SSSR count). The summed E-state index contributed by atoms with van der Waals surface area (Å²) in [7, 11) is 5.10. The number of anilines is 4. The first-order valence-corrected chi connectivity index (χ1v) is 13.9. The molecule has 1 aromatic heterocycles.